The van der Waals surface area contributed by atoms with E-state index in [1.807, 2.05) is 0 Å². The highest BCUT2D eigenvalue weighted by Crippen LogP contribution is 2.36. The minimum atomic E-state index is -4.51. The van der Waals surface area contributed by atoms with Gasteiger partial charge in [-0.25, -0.2) is 9.37 Å². The molecule has 0 saturated heterocycles. The first kappa shape index (κ1) is 18.5. The zero-order valence-electron chi connectivity index (χ0n) is 14.1. The Morgan fingerprint density at radius 2 is 1.89 bits per heavy atom. The summed E-state index contributed by atoms with van der Waals surface area (Å²) in [6, 6.07) is 8.58. The Morgan fingerprint density at radius 1 is 1.07 bits per heavy atom. The van der Waals surface area contributed by atoms with E-state index >= 15 is 0 Å². The summed E-state index contributed by atoms with van der Waals surface area (Å²) in [6.07, 6.45) is -1.89. The fraction of sp³-hybridized carbons (Fsp3) is 0.105. The molecule has 3 aromatic heterocycles. The van der Waals surface area contributed by atoms with Crippen molar-refractivity contribution in [2.24, 2.45) is 0 Å². The van der Waals surface area contributed by atoms with Gasteiger partial charge in [0.05, 0.1) is 16.8 Å². The number of imidazole rings is 1. The zero-order valence-corrected chi connectivity index (χ0v) is 15.6. The third-order valence-electron chi connectivity index (χ3n) is 4.15. The van der Waals surface area contributed by atoms with Crippen LogP contribution in [0.15, 0.2) is 53.3 Å². The maximum atomic E-state index is 13.2. The summed E-state index contributed by atoms with van der Waals surface area (Å²) in [5.41, 5.74) is 1.42. The number of hydrogen-bond donors (Lipinski definition) is 1. The van der Waals surface area contributed by atoms with Gasteiger partial charge >= 0.3 is 6.18 Å². The predicted molar refractivity (Wildman–Crippen MR) is 100 cm³/mol. The van der Waals surface area contributed by atoms with Gasteiger partial charge in [-0.1, -0.05) is 0 Å². The van der Waals surface area contributed by atoms with Crippen molar-refractivity contribution < 1.29 is 17.6 Å². The largest absolute Gasteiger partial charge is 0.418 e. The summed E-state index contributed by atoms with van der Waals surface area (Å²) in [6.45, 7) is -0.610. The molecule has 0 aliphatic carbocycles. The molecule has 4 aromatic rings. The molecule has 28 heavy (non-hydrogen) atoms. The predicted octanol–water partition coefficient (Wildman–Crippen LogP) is 5.94. The van der Waals surface area contributed by atoms with Crippen molar-refractivity contribution in [1.29, 1.82) is 0 Å². The number of benzene rings is 1. The van der Waals surface area contributed by atoms with E-state index in [0.717, 1.165) is 6.07 Å². The summed E-state index contributed by atoms with van der Waals surface area (Å²) >= 11 is 3.36. The molecule has 0 spiro atoms. The van der Waals surface area contributed by atoms with Crippen LogP contribution >= 0.6 is 15.9 Å². The molecule has 0 unspecified atom stereocenters. The fourth-order valence-electron chi connectivity index (χ4n) is 2.87. The Kier molecular flexibility index (Phi) is 4.62. The number of H-pyrrole nitrogens is 1. The molecule has 0 aliphatic rings. The number of aromatic nitrogens is 4. The normalized spacial score (nSPS) is 11.9. The molecule has 3 heterocycles. The Balaban J connectivity index is 1.74. The highest BCUT2D eigenvalue weighted by Gasteiger charge is 2.34. The first-order valence-corrected chi connectivity index (χ1v) is 8.89. The molecule has 1 aromatic carbocycles. The smallest absolute Gasteiger partial charge is 0.337 e. The molecule has 9 heteroatoms. The maximum Gasteiger partial charge on any atom is 0.418 e. The van der Waals surface area contributed by atoms with Crippen LogP contribution in [-0.4, -0.2) is 19.9 Å². The number of fused-ring (bicyclic) bond motifs is 1. The van der Waals surface area contributed by atoms with Gasteiger partial charge in [-0.05, 0) is 57.9 Å². The molecule has 0 saturated carbocycles. The van der Waals surface area contributed by atoms with Crippen molar-refractivity contribution in [3.63, 3.8) is 0 Å². The van der Waals surface area contributed by atoms with Gasteiger partial charge in [0.2, 0.25) is 0 Å². The summed E-state index contributed by atoms with van der Waals surface area (Å²) in [5.74, 6) is 0.426. The lowest BCUT2D eigenvalue weighted by molar-refractivity contribution is -0.137. The van der Waals surface area contributed by atoms with Crippen LogP contribution in [0.4, 0.5) is 17.6 Å². The van der Waals surface area contributed by atoms with Gasteiger partial charge in [0.1, 0.15) is 17.9 Å². The highest BCUT2D eigenvalue weighted by molar-refractivity contribution is 9.10. The van der Waals surface area contributed by atoms with Gasteiger partial charge < -0.3 is 4.98 Å². The Bertz CT molecular complexity index is 1150. The SMILES string of the molecule is FCc1cc(Br)c2nc(-c3ccc(-c4ncccc4C(F)(F)F)cn3)[nH]c2c1. The molecule has 1 N–H and O–H groups in total. The first-order valence-electron chi connectivity index (χ1n) is 8.10. The van der Waals surface area contributed by atoms with Crippen molar-refractivity contribution in [2.45, 2.75) is 12.9 Å². The Morgan fingerprint density at radius 3 is 2.57 bits per heavy atom. The van der Waals surface area contributed by atoms with E-state index in [1.165, 1.54) is 24.5 Å². The van der Waals surface area contributed by atoms with Crippen LogP contribution in [-0.2, 0) is 12.9 Å². The summed E-state index contributed by atoms with van der Waals surface area (Å²) in [4.78, 5) is 15.6. The molecule has 0 fully saturated rings. The van der Waals surface area contributed by atoms with E-state index in [0.29, 0.717) is 32.6 Å². The molecule has 4 rings (SSSR count). The molecule has 0 bridgehead atoms. The van der Waals surface area contributed by atoms with Gasteiger partial charge in [-0.3, -0.25) is 9.97 Å². The van der Waals surface area contributed by atoms with Crippen molar-refractivity contribution >= 4 is 27.0 Å². The number of alkyl halides is 4. The van der Waals surface area contributed by atoms with E-state index in [4.69, 9.17) is 0 Å². The third kappa shape index (κ3) is 3.37. The van der Waals surface area contributed by atoms with E-state index in [1.54, 1.807) is 18.2 Å². The van der Waals surface area contributed by atoms with E-state index in [2.05, 4.69) is 35.9 Å². The molecule has 0 radical (unpaired) electrons. The molecule has 0 amide bonds. The molecular formula is C19H11BrF4N4. The number of hydrogen-bond acceptors (Lipinski definition) is 3. The van der Waals surface area contributed by atoms with Crippen molar-refractivity contribution in [3.8, 4) is 22.8 Å². The van der Waals surface area contributed by atoms with Crippen LogP contribution in [0.2, 0.25) is 0 Å². The van der Waals surface area contributed by atoms with E-state index in [-0.39, 0.29) is 11.3 Å². The standard InChI is InChI=1S/C19H11BrF4N4/c20-13-6-10(8-21)7-15-17(13)28-18(27-15)14-4-3-11(9-26-14)16-12(19(22,23)24)2-1-5-25-16/h1-7,9H,8H2,(H,27,28). The number of rotatable bonds is 3. The summed E-state index contributed by atoms with van der Waals surface area (Å²) < 4.78 is 53.1. The van der Waals surface area contributed by atoms with Crippen molar-refractivity contribution in [3.05, 3.63) is 64.4 Å². The molecule has 142 valence electrons. The quantitative estimate of drug-likeness (QED) is 0.393. The topological polar surface area (TPSA) is 54.5 Å². The van der Waals surface area contributed by atoms with Crippen LogP contribution in [0.5, 0.6) is 0 Å². The molecule has 0 atom stereocenters. The van der Waals surface area contributed by atoms with Gasteiger partial charge in [-0.15, -0.1) is 0 Å². The number of nitrogens with zero attached hydrogens (tertiary/aromatic N) is 3. The number of aromatic amines is 1. The van der Waals surface area contributed by atoms with Crippen molar-refractivity contribution in [1.82, 2.24) is 19.9 Å². The number of halogens is 5. The van der Waals surface area contributed by atoms with Crippen LogP contribution in [0.1, 0.15) is 11.1 Å². The molecule has 0 aliphatic heterocycles. The van der Waals surface area contributed by atoms with Gasteiger partial charge in [0, 0.05) is 22.4 Å². The van der Waals surface area contributed by atoms with Crippen LogP contribution < -0.4 is 0 Å². The average Bonchev–Trinajstić information content (AvgIpc) is 3.12. The fourth-order valence-corrected chi connectivity index (χ4v) is 3.46. The summed E-state index contributed by atoms with van der Waals surface area (Å²) in [7, 11) is 0. The number of nitrogens with one attached hydrogen (secondary N) is 1. The van der Waals surface area contributed by atoms with E-state index in [9.17, 15) is 17.6 Å². The zero-order chi connectivity index (χ0) is 19.9. The van der Waals surface area contributed by atoms with Gasteiger partial charge in [0.15, 0.2) is 5.82 Å². The highest BCUT2D eigenvalue weighted by atomic mass is 79.9. The summed E-state index contributed by atoms with van der Waals surface area (Å²) in [5, 5.41) is 0. The van der Waals surface area contributed by atoms with Crippen LogP contribution in [0, 0.1) is 0 Å². The van der Waals surface area contributed by atoms with Crippen molar-refractivity contribution in [2.75, 3.05) is 0 Å². The third-order valence-corrected chi connectivity index (χ3v) is 4.75. The molecule has 4 nitrogen and oxygen atoms in total. The van der Waals surface area contributed by atoms with Gasteiger partial charge in [-0.2, -0.15) is 13.2 Å². The lowest BCUT2D eigenvalue weighted by atomic mass is 10.1. The monoisotopic (exact) mass is 450 g/mol. The Labute approximate surface area is 164 Å². The molecular weight excluding hydrogens is 440 g/mol. The van der Waals surface area contributed by atoms with Crippen LogP contribution in [0.3, 0.4) is 0 Å². The number of pyridine rings is 2. The van der Waals surface area contributed by atoms with Crippen LogP contribution in [0.25, 0.3) is 33.8 Å². The Hall–Kier alpha value is -2.81. The average molecular weight is 451 g/mol. The second-order valence-corrected chi connectivity index (χ2v) is 6.88. The lowest BCUT2D eigenvalue weighted by Crippen LogP contribution is -2.08. The second kappa shape index (κ2) is 6.97. The maximum absolute atomic E-state index is 13.2. The second-order valence-electron chi connectivity index (χ2n) is 6.02. The minimum absolute atomic E-state index is 0.186. The first-order chi connectivity index (χ1) is 13.4. The minimum Gasteiger partial charge on any atom is -0.337 e. The van der Waals surface area contributed by atoms with E-state index < -0.39 is 18.4 Å². The van der Waals surface area contributed by atoms with Gasteiger partial charge in [0.25, 0.3) is 0 Å². The lowest BCUT2D eigenvalue weighted by Gasteiger charge is -2.11.